The number of methoxy groups -OCH3 is 9. The van der Waals surface area contributed by atoms with E-state index in [-0.39, 0.29) is 51.3 Å². The molecule has 19 nitrogen and oxygen atoms in total. The van der Waals surface area contributed by atoms with Gasteiger partial charge in [0.15, 0.2) is 0 Å². The Bertz CT molecular complexity index is 2890. The molecular formula is C87H160N6O13. The molecule has 616 valence electrons. The van der Waals surface area contributed by atoms with E-state index in [1.165, 1.54) is 58.3 Å². The van der Waals surface area contributed by atoms with Gasteiger partial charge in [-0.05, 0) is 134 Å². The number of aromatic amines is 1. The van der Waals surface area contributed by atoms with Gasteiger partial charge in [-0.2, -0.15) is 0 Å². The van der Waals surface area contributed by atoms with Crippen molar-refractivity contribution >= 4 is 0 Å². The van der Waals surface area contributed by atoms with Crippen LogP contribution in [0.3, 0.4) is 0 Å². The molecule has 0 radical (unpaired) electrons. The number of nitrogens with one attached hydrogen (secondary N) is 2. The zero-order chi connectivity index (χ0) is 82.8. The quantitative estimate of drug-likeness (QED) is 0.118. The molecule has 3 fully saturated rings. The van der Waals surface area contributed by atoms with Crippen LogP contribution in [0.25, 0.3) is 0 Å². The average molecular weight is 1500 g/mol. The molecular weight excluding hydrogens is 1340 g/mol. The lowest BCUT2D eigenvalue weighted by Gasteiger charge is -2.44. The summed E-state index contributed by atoms with van der Waals surface area (Å²) in [5, 5.41) is 21.4. The molecule has 2 aliphatic heterocycles. The molecule has 3 aromatic rings. The first-order valence-electron chi connectivity index (χ1n) is 38.3. The first-order chi connectivity index (χ1) is 48.6. The maximum absolute atomic E-state index is 11.5. The summed E-state index contributed by atoms with van der Waals surface area (Å²) in [4.78, 5) is 30.2. The van der Waals surface area contributed by atoms with Crippen LogP contribution < -0.4 is 29.8 Å². The van der Waals surface area contributed by atoms with E-state index in [4.69, 9.17) is 57.6 Å². The van der Waals surface area contributed by atoms with Gasteiger partial charge in [0, 0.05) is 90.9 Å². The molecule has 4 unspecified atom stereocenters. The first-order valence-corrected chi connectivity index (χ1v) is 38.3. The van der Waals surface area contributed by atoms with Crippen molar-refractivity contribution in [3.05, 3.63) is 93.4 Å². The third-order valence-corrected chi connectivity index (χ3v) is 19.8. The summed E-state index contributed by atoms with van der Waals surface area (Å²) in [5.74, 6) is 6.84. The molecule has 5 heterocycles. The van der Waals surface area contributed by atoms with Crippen LogP contribution in [0, 0.1) is 68.0 Å². The van der Waals surface area contributed by atoms with E-state index in [2.05, 4.69) is 196 Å². The number of allylic oxidation sites excluding steroid dienone is 1. The molecule has 106 heavy (non-hydrogen) atoms. The highest BCUT2D eigenvalue weighted by atomic mass is 16.5. The van der Waals surface area contributed by atoms with Crippen LogP contribution in [0.2, 0.25) is 0 Å². The standard InChI is InChI=1S/C12H24O2.C11H17NO2.C11H17NO.C10H16N2O2.C9H14N2O2.C9H20O2.2C9H18O.C7H16/c1-12(2,3)11-9(13-4)7-6-8-10(11)14-5;1-11(2,3)9-8(13-4)6-7-12-10(9)14-5;1-8-10(11(2,3)4)9(7-13)5-6-12-8;1-10(2,3)8-7(5-13)11-6-12-9(8)14-4;1-9(2,3)6-7(12)10-5-11-8(6)13-4;1-9(2,3)8(6-10-4)7-11-5;1-9(2,3)8-5-7(8)6-10-4;1-9(2,3)8-4-6-10-7-5-8;1-6(2)7(3,4)5/h9-11H,6-8H2,1-5H3;6-7H,1-5H3;5-6,12-13H,1,7H2,2-4H3;6,13H,5H2,1-4H3;5H,1-4H3,(H,10,11,12);8H,6-7H2,1-5H3;7-8H,5-6H2,1-4H3;8H,4-7H2,1-3H3;6H,1-5H3. The van der Waals surface area contributed by atoms with Crippen LogP contribution in [-0.2, 0) is 51.3 Å². The Kier molecular flexibility index (Phi) is 46.0. The van der Waals surface area contributed by atoms with Crippen LogP contribution in [0.1, 0.15) is 262 Å². The Morgan fingerprint density at radius 1 is 0.557 bits per heavy atom. The van der Waals surface area contributed by atoms with Crippen molar-refractivity contribution in [2.24, 2.45) is 68.0 Å². The van der Waals surface area contributed by atoms with Crippen molar-refractivity contribution in [3.63, 3.8) is 0 Å². The Morgan fingerprint density at radius 3 is 1.35 bits per heavy atom. The molecule has 4 aliphatic rings. The number of pyridine rings is 1. The highest BCUT2D eigenvalue weighted by molar-refractivity contribution is 5.46. The molecule has 0 aromatic carbocycles. The van der Waals surface area contributed by atoms with Crippen molar-refractivity contribution in [3.8, 4) is 23.4 Å². The van der Waals surface area contributed by atoms with Gasteiger partial charge in [-0.25, -0.2) is 19.9 Å². The number of dihydropyridines is 1. The van der Waals surface area contributed by atoms with Gasteiger partial charge in [-0.1, -0.05) is 207 Å². The zero-order valence-corrected chi connectivity index (χ0v) is 74.7. The second kappa shape index (κ2) is 47.3. The number of hydrogen-bond acceptors (Lipinski definition) is 18. The topological polar surface area (TPSA) is 229 Å². The van der Waals surface area contributed by atoms with Gasteiger partial charge in [-0.15, -0.1) is 0 Å². The molecule has 4 atom stereocenters. The highest BCUT2D eigenvalue weighted by Crippen LogP contribution is 2.50. The van der Waals surface area contributed by atoms with Crippen molar-refractivity contribution in [1.82, 2.24) is 30.2 Å². The van der Waals surface area contributed by atoms with E-state index in [1.54, 1.807) is 48.9 Å². The van der Waals surface area contributed by atoms with E-state index in [1.807, 2.05) is 74.1 Å². The van der Waals surface area contributed by atoms with Crippen molar-refractivity contribution in [2.45, 2.75) is 274 Å². The molecule has 2 aliphatic carbocycles. The Labute approximate surface area is 647 Å². The lowest BCUT2D eigenvalue weighted by Crippen LogP contribution is -2.45. The number of H-pyrrole nitrogens is 1. The molecule has 0 amide bonds. The number of rotatable bonds is 14. The molecule has 2 saturated carbocycles. The fraction of sp³-hybridized carbons (Fsp3) is 0.782. The molecule has 4 N–H and O–H groups in total. The van der Waals surface area contributed by atoms with Crippen LogP contribution in [-0.4, -0.2) is 151 Å². The SMILES string of the molecule is C=C1NC=CC(CO)=C1C(C)(C)C.CC(C)(C)C1CCOCC1.CC(C)C(C)(C)C.COC1CCCC(OC)C1C(C)(C)C.COCC(COC)C(C)(C)C.COCC1CC1C(C)(C)C.COc1ccnc(OC)c1C(C)(C)C.COc1nc[nH]c(=O)c1C(C)(C)C.COc1ncnc(CO)c1C(C)(C)C. The van der Waals surface area contributed by atoms with E-state index >= 15 is 0 Å². The number of nitrogens with zero attached hydrogens (tertiary/aromatic N) is 4. The van der Waals surface area contributed by atoms with Gasteiger partial charge in [0.25, 0.3) is 5.56 Å². The normalized spacial score (nSPS) is 18.5. The second-order valence-electron chi connectivity index (χ2n) is 37.9. The van der Waals surface area contributed by atoms with Gasteiger partial charge in [0.05, 0.1) is 90.2 Å². The summed E-state index contributed by atoms with van der Waals surface area (Å²) in [6.45, 7) is 71.6. The molecule has 1 saturated heterocycles. The van der Waals surface area contributed by atoms with Gasteiger partial charge in [-0.3, -0.25) is 4.79 Å². The average Bonchev–Trinajstić information content (AvgIpc) is 1.60. The second-order valence-corrected chi connectivity index (χ2v) is 37.9. The van der Waals surface area contributed by atoms with Gasteiger partial charge in [0.2, 0.25) is 17.6 Å². The molecule has 0 bridgehead atoms. The van der Waals surface area contributed by atoms with Gasteiger partial charge < -0.3 is 67.9 Å². The van der Waals surface area contributed by atoms with Crippen LogP contribution in [0.5, 0.6) is 23.4 Å². The van der Waals surface area contributed by atoms with E-state index in [0.717, 1.165) is 90.4 Å². The van der Waals surface area contributed by atoms with Gasteiger partial charge >= 0.3 is 0 Å². The summed E-state index contributed by atoms with van der Waals surface area (Å²) < 4.78 is 52.4. The summed E-state index contributed by atoms with van der Waals surface area (Å²) >= 11 is 0. The molecule has 3 aromatic heterocycles. The molecule has 19 heteroatoms. The smallest absolute Gasteiger partial charge is 0.258 e. The highest BCUT2D eigenvalue weighted by Gasteiger charge is 2.45. The largest absolute Gasteiger partial charge is 0.496 e. The lowest BCUT2D eigenvalue weighted by molar-refractivity contribution is -0.103. The third kappa shape index (κ3) is 38.1. The Hall–Kier alpha value is -4.99. The van der Waals surface area contributed by atoms with Crippen molar-refractivity contribution in [1.29, 1.82) is 0 Å². The number of ether oxygens (including phenoxy) is 10. The molecule has 7 rings (SSSR count). The first kappa shape index (κ1) is 103. The van der Waals surface area contributed by atoms with Crippen LogP contribution >= 0.6 is 0 Å². The summed E-state index contributed by atoms with van der Waals surface area (Å²) in [6.07, 6.45) is 16.3. The van der Waals surface area contributed by atoms with Crippen molar-refractivity contribution in [2.75, 3.05) is 104 Å². The number of hydrogen-bond donors (Lipinski definition) is 4. The fourth-order valence-electron chi connectivity index (χ4n) is 12.7. The summed E-state index contributed by atoms with van der Waals surface area (Å²) in [5.41, 5.74) is 7.51. The maximum atomic E-state index is 11.5. The van der Waals surface area contributed by atoms with Crippen LogP contribution in [0.4, 0.5) is 0 Å². The van der Waals surface area contributed by atoms with Crippen LogP contribution in [0.15, 0.2) is 65.4 Å². The summed E-state index contributed by atoms with van der Waals surface area (Å²) in [7, 11) is 15.3. The minimum absolute atomic E-state index is 0.0207. The monoisotopic (exact) mass is 1500 g/mol. The molecule has 0 spiro atoms. The zero-order valence-electron chi connectivity index (χ0n) is 74.7. The summed E-state index contributed by atoms with van der Waals surface area (Å²) in [6, 6.07) is 1.85. The third-order valence-electron chi connectivity index (χ3n) is 19.8. The Balaban J connectivity index is 0. The minimum Gasteiger partial charge on any atom is -0.496 e. The van der Waals surface area contributed by atoms with Crippen molar-refractivity contribution < 1.29 is 57.6 Å². The fourth-order valence-corrected chi connectivity index (χ4v) is 12.7. The van der Waals surface area contributed by atoms with E-state index in [0.29, 0.717) is 69.2 Å². The maximum Gasteiger partial charge on any atom is 0.258 e. The number of aliphatic hydroxyl groups is 2. The number of aromatic nitrogens is 5. The number of aliphatic hydroxyl groups excluding tert-OH is 2. The Morgan fingerprint density at radius 2 is 1.03 bits per heavy atom. The van der Waals surface area contributed by atoms with Gasteiger partial charge in [0.1, 0.15) is 12.1 Å². The predicted octanol–water partition coefficient (Wildman–Crippen LogP) is 19.0. The minimum atomic E-state index is -0.257. The lowest BCUT2D eigenvalue weighted by atomic mass is 9.69. The van der Waals surface area contributed by atoms with E-state index in [9.17, 15) is 4.79 Å². The predicted molar refractivity (Wildman–Crippen MR) is 440 cm³/mol. The van der Waals surface area contributed by atoms with E-state index < -0.39 is 0 Å².